The van der Waals surface area contributed by atoms with Gasteiger partial charge in [-0.15, -0.1) is 11.3 Å². The lowest BCUT2D eigenvalue weighted by Crippen LogP contribution is -2.26. The van der Waals surface area contributed by atoms with Gasteiger partial charge in [0, 0.05) is 0 Å². The van der Waals surface area contributed by atoms with Gasteiger partial charge in [-0.1, -0.05) is 38.1 Å². The molecule has 0 saturated heterocycles. The molecule has 1 amide bonds. The van der Waals surface area contributed by atoms with Crippen LogP contribution in [0.2, 0.25) is 0 Å². The van der Waals surface area contributed by atoms with Crippen LogP contribution in [0.4, 0.5) is 0 Å². The number of carbonyl (C=O) groups excluding carboxylic acids is 1. The molecule has 2 nitrogen and oxygen atoms in total. The average Bonchev–Trinajstić information content (AvgIpc) is 2.85. The summed E-state index contributed by atoms with van der Waals surface area (Å²) in [5, 5.41) is 5.01. The first-order valence-electron chi connectivity index (χ1n) is 6.94. The Morgan fingerprint density at radius 3 is 2.15 bits per heavy atom. The van der Waals surface area contributed by atoms with Crippen LogP contribution < -0.4 is 5.32 Å². The van der Waals surface area contributed by atoms with Crippen molar-refractivity contribution in [1.29, 1.82) is 0 Å². The second-order valence-corrected chi connectivity index (χ2v) is 6.37. The monoisotopic (exact) mass is 287 g/mol. The number of hydrogen-bond donors (Lipinski definition) is 1. The van der Waals surface area contributed by atoms with Crippen LogP contribution in [0.15, 0.2) is 35.7 Å². The predicted molar refractivity (Wildman–Crippen MR) is 85.5 cm³/mol. The van der Waals surface area contributed by atoms with E-state index in [1.165, 1.54) is 16.9 Å². The summed E-state index contributed by atoms with van der Waals surface area (Å²) in [4.78, 5) is 13.0. The maximum absolute atomic E-state index is 12.2. The van der Waals surface area contributed by atoms with Gasteiger partial charge in [-0.2, -0.15) is 0 Å². The third kappa shape index (κ3) is 3.28. The Balaban J connectivity index is 2.06. The third-order valence-corrected chi connectivity index (χ3v) is 4.53. The summed E-state index contributed by atoms with van der Waals surface area (Å²) in [6, 6.07) is 10.5. The predicted octanol–water partition coefficient (Wildman–Crippen LogP) is 4.67. The van der Waals surface area contributed by atoms with Gasteiger partial charge < -0.3 is 5.32 Å². The molecule has 0 bridgehead atoms. The number of carbonyl (C=O) groups is 1. The fraction of sp³-hybridized carbons (Fsp3) is 0.353. The highest BCUT2D eigenvalue weighted by Crippen LogP contribution is 2.20. The molecule has 0 radical (unpaired) electrons. The first-order valence-corrected chi connectivity index (χ1v) is 7.82. The summed E-state index contributed by atoms with van der Waals surface area (Å²) in [6.45, 7) is 8.35. The van der Waals surface area contributed by atoms with Crippen LogP contribution >= 0.6 is 11.3 Å². The Labute approximate surface area is 124 Å². The van der Waals surface area contributed by atoms with Gasteiger partial charge in [0.05, 0.1) is 10.9 Å². The lowest BCUT2D eigenvalue weighted by molar-refractivity contribution is 0.0943. The average molecular weight is 287 g/mol. The number of hydrogen-bond acceptors (Lipinski definition) is 2. The Morgan fingerprint density at radius 2 is 1.65 bits per heavy atom. The van der Waals surface area contributed by atoms with Crippen LogP contribution in [0.3, 0.4) is 0 Å². The fourth-order valence-corrected chi connectivity index (χ4v) is 2.95. The van der Waals surface area contributed by atoms with Crippen LogP contribution in [0.25, 0.3) is 0 Å². The minimum atomic E-state index is 0.0120. The van der Waals surface area contributed by atoms with Crippen molar-refractivity contribution in [3.8, 4) is 0 Å². The summed E-state index contributed by atoms with van der Waals surface area (Å²) in [6.07, 6.45) is 0. The smallest absolute Gasteiger partial charge is 0.262 e. The largest absolute Gasteiger partial charge is 0.345 e. The number of aryl methyl sites for hydroxylation is 1. The molecule has 0 spiro atoms. The number of rotatable bonds is 4. The lowest BCUT2D eigenvalue weighted by Gasteiger charge is -2.15. The normalized spacial score (nSPS) is 12.4. The van der Waals surface area contributed by atoms with Crippen molar-refractivity contribution >= 4 is 17.2 Å². The van der Waals surface area contributed by atoms with E-state index in [-0.39, 0.29) is 11.9 Å². The molecule has 0 saturated carbocycles. The van der Waals surface area contributed by atoms with E-state index in [4.69, 9.17) is 0 Å². The van der Waals surface area contributed by atoms with Crippen LogP contribution in [0.5, 0.6) is 0 Å². The second-order valence-electron chi connectivity index (χ2n) is 5.45. The van der Waals surface area contributed by atoms with Gasteiger partial charge in [0.15, 0.2) is 0 Å². The molecule has 1 heterocycles. The van der Waals surface area contributed by atoms with Gasteiger partial charge in [0.1, 0.15) is 0 Å². The van der Waals surface area contributed by atoms with E-state index in [0.29, 0.717) is 5.92 Å². The van der Waals surface area contributed by atoms with E-state index < -0.39 is 0 Å². The molecule has 3 heteroatoms. The lowest BCUT2D eigenvalue weighted by atomic mass is 9.99. The van der Waals surface area contributed by atoms with Gasteiger partial charge in [-0.05, 0) is 47.9 Å². The molecule has 1 N–H and O–H groups in total. The van der Waals surface area contributed by atoms with E-state index in [2.05, 4.69) is 43.4 Å². The molecule has 0 aliphatic rings. The van der Waals surface area contributed by atoms with E-state index in [0.717, 1.165) is 16.0 Å². The van der Waals surface area contributed by atoms with E-state index in [1.54, 1.807) is 0 Å². The van der Waals surface area contributed by atoms with E-state index >= 15 is 0 Å². The summed E-state index contributed by atoms with van der Waals surface area (Å²) in [5.41, 5.74) is 3.49. The van der Waals surface area contributed by atoms with Gasteiger partial charge in [0.25, 0.3) is 5.91 Å². The van der Waals surface area contributed by atoms with E-state index in [1.807, 2.05) is 25.3 Å². The molecular weight excluding hydrogens is 266 g/mol. The first-order chi connectivity index (χ1) is 9.49. The van der Waals surface area contributed by atoms with Crippen LogP contribution in [-0.4, -0.2) is 5.91 Å². The second kappa shape index (κ2) is 6.23. The van der Waals surface area contributed by atoms with Crippen LogP contribution in [-0.2, 0) is 0 Å². The van der Waals surface area contributed by atoms with Crippen molar-refractivity contribution in [2.75, 3.05) is 0 Å². The zero-order chi connectivity index (χ0) is 14.7. The Hall–Kier alpha value is -1.61. The highest BCUT2D eigenvalue weighted by Gasteiger charge is 2.14. The maximum atomic E-state index is 12.2. The highest BCUT2D eigenvalue weighted by molar-refractivity contribution is 7.12. The van der Waals surface area contributed by atoms with Crippen molar-refractivity contribution < 1.29 is 4.79 Å². The molecule has 106 valence electrons. The Morgan fingerprint density at radius 1 is 1.05 bits per heavy atom. The summed E-state index contributed by atoms with van der Waals surface area (Å²) >= 11 is 1.49. The summed E-state index contributed by atoms with van der Waals surface area (Å²) in [5.74, 6) is 0.542. The molecule has 0 fully saturated rings. The first kappa shape index (κ1) is 14.8. The SMILES string of the molecule is Cc1ccsc1C(=O)N[C@H](C)c1ccc(C(C)C)cc1. The fourth-order valence-electron chi connectivity index (χ4n) is 2.12. The van der Waals surface area contributed by atoms with Crippen LogP contribution in [0, 0.1) is 6.92 Å². The molecule has 0 aliphatic carbocycles. The van der Waals surface area contributed by atoms with Gasteiger partial charge in [-0.25, -0.2) is 0 Å². The summed E-state index contributed by atoms with van der Waals surface area (Å²) in [7, 11) is 0. The minimum absolute atomic E-state index is 0.0120. The van der Waals surface area contributed by atoms with Crippen molar-refractivity contribution in [3.63, 3.8) is 0 Å². The van der Waals surface area contributed by atoms with E-state index in [9.17, 15) is 4.79 Å². The van der Waals surface area contributed by atoms with Crippen molar-refractivity contribution in [2.24, 2.45) is 0 Å². The summed E-state index contributed by atoms with van der Waals surface area (Å²) < 4.78 is 0. The molecular formula is C17H21NOS. The Kier molecular flexibility index (Phi) is 4.61. The topological polar surface area (TPSA) is 29.1 Å². The molecule has 20 heavy (non-hydrogen) atoms. The number of amides is 1. The molecule has 1 aromatic carbocycles. The molecule has 1 aromatic heterocycles. The number of nitrogens with one attached hydrogen (secondary N) is 1. The van der Waals surface area contributed by atoms with Crippen molar-refractivity contribution in [2.45, 2.75) is 39.7 Å². The molecule has 2 rings (SSSR count). The van der Waals surface area contributed by atoms with Crippen molar-refractivity contribution in [3.05, 3.63) is 57.3 Å². The van der Waals surface area contributed by atoms with Crippen molar-refractivity contribution in [1.82, 2.24) is 5.32 Å². The van der Waals surface area contributed by atoms with Gasteiger partial charge in [-0.3, -0.25) is 4.79 Å². The zero-order valence-corrected chi connectivity index (χ0v) is 13.3. The zero-order valence-electron chi connectivity index (χ0n) is 12.4. The Bertz CT molecular complexity index is 583. The van der Waals surface area contributed by atoms with Gasteiger partial charge >= 0.3 is 0 Å². The van der Waals surface area contributed by atoms with Crippen LogP contribution in [0.1, 0.15) is 59.1 Å². The molecule has 0 aliphatic heterocycles. The molecule has 2 aromatic rings. The maximum Gasteiger partial charge on any atom is 0.262 e. The number of thiophene rings is 1. The quantitative estimate of drug-likeness (QED) is 0.869. The highest BCUT2D eigenvalue weighted by atomic mass is 32.1. The minimum Gasteiger partial charge on any atom is -0.345 e. The van der Waals surface area contributed by atoms with Gasteiger partial charge in [0.2, 0.25) is 0 Å². The molecule has 1 atom stereocenters. The standard InChI is InChI=1S/C17H21NOS/c1-11(2)14-5-7-15(8-6-14)13(4)18-17(19)16-12(3)9-10-20-16/h5-11,13H,1-4H3,(H,18,19)/t13-/m1/s1. The third-order valence-electron chi connectivity index (χ3n) is 3.52. The number of benzene rings is 1. The molecule has 0 unspecified atom stereocenters.